The van der Waals surface area contributed by atoms with Gasteiger partial charge in [0.25, 0.3) is 5.91 Å². The van der Waals surface area contributed by atoms with Gasteiger partial charge in [-0.15, -0.1) is 0 Å². The van der Waals surface area contributed by atoms with E-state index < -0.39 is 11.8 Å². The molecule has 1 aromatic carbocycles. The van der Waals surface area contributed by atoms with E-state index in [-0.39, 0.29) is 23.7 Å². The molecule has 0 spiro atoms. The second-order valence-electron chi connectivity index (χ2n) is 6.05. The number of hydrogen-bond acceptors (Lipinski definition) is 5. The minimum Gasteiger partial charge on any atom is -0.348 e. The minimum atomic E-state index is -0.867. The molecular formula is C21H19N5O3. The molecule has 0 saturated heterocycles. The summed E-state index contributed by atoms with van der Waals surface area (Å²) in [5.74, 6) is -2.06. The van der Waals surface area contributed by atoms with Gasteiger partial charge in [-0.05, 0) is 35.9 Å². The van der Waals surface area contributed by atoms with Crippen molar-refractivity contribution in [2.45, 2.75) is 13.1 Å². The lowest BCUT2D eigenvalue weighted by atomic mass is 10.1. The quantitative estimate of drug-likeness (QED) is 0.555. The van der Waals surface area contributed by atoms with Crippen LogP contribution in [0, 0.1) is 0 Å². The molecule has 0 aliphatic heterocycles. The van der Waals surface area contributed by atoms with Crippen LogP contribution in [0.4, 0.5) is 5.69 Å². The number of anilines is 1. The summed E-state index contributed by atoms with van der Waals surface area (Å²) in [4.78, 5) is 44.8. The Morgan fingerprint density at radius 1 is 0.793 bits per heavy atom. The molecule has 8 heteroatoms. The lowest BCUT2D eigenvalue weighted by Crippen LogP contribution is -2.35. The highest BCUT2D eigenvalue weighted by atomic mass is 16.2. The smallest absolute Gasteiger partial charge is 0.313 e. The van der Waals surface area contributed by atoms with Gasteiger partial charge in [-0.1, -0.05) is 24.3 Å². The molecule has 0 saturated carbocycles. The molecule has 2 aromatic heterocycles. The summed E-state index contributed by atoms with van der Waals surface area (Å²) in [7, 11) is 0. The van der Waals surface area contributed by atoms with Gasteiger partial charge in [0.05, 0.1) is 23.5 Å². The first kappa shape index (κ1) is 19.7. The average molecular weight is 389 g/mol. The fourth-order valence-corrected chi connectivity index (χ4v) is 2.50. The fourth-order valence-electron chi connectivity index (χ4n) is 2.50. The number of para-hydroxylation sites is 1. The number of rotatable bonds is 6. The summed E-state index contributed by atoms with van der Waals surface area (Å²) in [5, 5.41) is 7.74. The Kier molecular flexibility index (Phi) is 6.62. The number of carbonyl (C=O) groups excluding carboxylic acids is 3. The number of hydrogen-bond donors (Lipinski definition) is 3. The number of benzene rings is 1. The predicted molar refractivity (Wildman–Crippen MR) is 107 cm³/mol. The molecule has 29 heavy (non-hydrogen) atoms. The van der Waals surface area contributed by atoms with Crippen LogP contribution in [0.15, 0.2) is 73.2 Å². The SMILES string of the molecule is O=C(NCc1ccccn1)C(=O)Nc1ccccc1C(=O)NCc1cccnc1. The van der Waals surface area contributed by atoms with E-state index in [0.717, 1.165) is 5.56 Å². The van der Waals surface area contributed by atoms with E-state index in [4.69, 9.17) is 0 Å². The first-order chi connectivity index (χ1) is 14.1. The second kappa shape index (κ2) is 9.75. The molecule has 146 valence electrons. The third kappa shape index (κ3) is 5.70. The van der Waals surface area contributed by atoms with E-state index in [1.165, 1.54) is 0 Å². The molecule has 3 rings (SSSR count). The van der Waals surface area contributed by atoms with Crippen molar-refractivity contribution < 1.29 is 14.4 Å². The van der Waals surface area contributed by atoms with E-state index in [1.54, 1.807) is 67.1 Å². The minimum absolute atomic E-state index is 0.125. The van der Waals surface area contributed by atoms with Gasteiger partial charge in [0.2, 0.25) is 0 Å². The zero-order valence-corrected chi connectivity index (χ0v) is 15.5. The van der Waals surface area contributed by atoms with Crippen LogP contribution in [0.2, 0.25) is 0 Å². The van der Waals surface area contributed by atoms with Crippen molar-refractivity contribution in [1.82, 2.24) is 20.6 Å². The van der Waals surface area contributed by atoms with Crippen LogP contribution in [0.1, 0.15) is 21.6 Å². The third-order valence-electron chi connectivity index (χ3n) is 3.96. The van der Waals surface area contributed by atoms with Crippen molar-refractivity contribution >= 4 is 23.4 Å². The van der Waals surface area contributed by atoms with Gasteiger partial charge in [0.1, 0.15) is 0 Å². The van der Waals surface area contributed by atoms with Crippen molar-refractivity contribution in [3.05, 3.63) is 90.0 Å². The van der Waals surface area contributed by atoms with Crippen LogP contribution in [-0.2, 0) is 22.7 Å². The third-order valence-corrected chi connectivity index (χ3v) is 3.96. The van der Waals surface area contributed by atoms with Gasteiger partial charge in [-0.2, -0.15) is 0 Å². The Hall–Kier alpha value is -4.07. The van der Waals surface area contributed by atoms with Gasteiger partial charge < -0.3 is 16.0 Å². The zero-order valence-electron chi connectivity index (χ0n) is 15.5. The van der Waals surface area contributed by atoms with Crippen molar-refractivity contribution in [2.75, 3.05) is 5.32 Å². The highest BCUT2D eigenvalue weighted by molar-refractivity contribution is 6.40. The van der Waals surface area contributed by atoms with Crippen LogP contribution in [0.25, 0.3) is 0 Å². The van der Waals surface area contributed by atoms with Crippen molar-refractivity contribution in [1.29, 1.82) is 0 Å². The Morgan fingerprint density at radius 3 is 2.38 bits per heavy atom. The Balaban J connectivity index is 1.59. The summed E-state index contributed by atoms with van der Waals surface area (Å²) in [5.41, 5.74) is 1.97. The number of carbonyl (C=O) groups is 3. The summed E-state index contributed by atoms with van der Waals surface area (Å²) in [6.45, 7) is 0.417. The van der Waals surface area contributed by atoms with Crippen LogP contribution in [-0.4, -0.2) is 27.7 Å². The number of nitrogens with one attached hydrogen (secondary N) is 3. The number of amides is 3. The summed E-state index contributed by atoms with van der Waals surface area (Å²) >= 11 is 0. The second-order valence-corrected chi connectivity index (χ2v) is 6.05. The predicted octanol–water partition coefficient (Wildman–Crippen LogP) is 1.66. The molecule has 0 unspecified atom stereocenters. The molecule has 0 bridgehead atoms. The summed E-state index contributed by atoms with van der Waals surface area (Å²) < 4.78 is 0. The molecule has 3 aromatic rings. The van der Waals surface area contributed by atoms with Crippen LogP contribution < -0.4 is 16.0 Å². The largest absolute Gasteiger partial charge is 0.348 e. The standard InChI is InChI=1S/C21H19N5O3/c27-19(24-13-15-6-5-10-22-12-15)17-8-1-2-9-18(17)26-21(29)20(28)25-14-16-7-3-4-11-23-16/h1-12H,13-14H2,(H,24,27)(H,25,28)(H,26,29). The van der Waals surface area contributed by atoms with Crippen LogP contribution in [0.5, 0.6) is 0 Å². The molecular weight excluding hydrogens is 370 g/mol. The summed E-state index contributed by atoms with van der Waals surface area (Å²) in [6, 6.07) is 15.4. The van der Waals surface area contributed by atoms with Gasteiger partial charge >= 0.3 is 11.8 Å². The van der Waals surface area contributed by atoms with E-state index in [9.17, 15) is 14.4 Å². The highest BCUT2D eigenvalue weighted by Crippen LogP contribution is 2.15. The van der Waals surface area contributed by atoms with Crippen molar-refractivity contribution in [2.24, 2.45) is 0 Å². The molecule has 2 heterocycles. The molecule has 0 radical (unpaired) electrons. The maximum absolute atomic E-state index is 12.5. The topological polar surface area (TPSA) is 113 Å². The fraction of sp³-hybridized carbons (Fsp3) is 0.0952. The summed E-state index contributed by atoms with van der Waals surface area (Å²) in [6.07, 6.45) is 4.90. The molecule has 8 nitrogen and oxygen atoms in total. The molecule has 0 aliphatic rings. The Bertz CT molecular complexity index is 993. The van der Waals surface area contributed by atoms with E-state index >= 15 is 0 Å². The van der Waals surface area contributed by atoms with E-state index in [1.807, 2.05) is 6.07 Å². The average Bonchev–Trinajstić information content (AvgIpc) is 2.77. The maximum atomic E-state index is 12.5. The monoisotopic (exact) mass is 389 g/mol. The number of nitrogens with zero attached hydrogens (tertiary/aromatic N) is 2. The van der Waals surface area contributed by atoms with E-state index in [0.29, 0.717) is 12.2 Å². The number of aromatic nitrogens is 2. The molecule has 0 aliphatic carbocycles. The molecule has 3 N–H and O–H groups in total. The molecule has 3 amide bonds. The van der Waals surface area contributed by atoms with Gasteiger partial charge in [-0.3, -0.25) is 24.4 Å². The lowest BCUT2D eigenvalue weighted by molar-refractivity contribution is -0.136. The Labute approximate surface area is 167 Å². The van der Waals surface area contributed by atoms with Crippen LogP contribution in [0.3, 0.4) is 0 Å². The highest BCUT2D eigenvalue weighted by Gasteiger charge is 2.17. The number of pyridine rings is 2. The maximum Gasteiger partial charge on any atom is 0.313 e. The van der Waals surface area contributed by atoms with Crippen molar-refractivity contribution in [3.63, 3.8) is 0 Å². The molecule has 0 atom stereocenters. The normalized spacial score (nSPS) is 10.1. The first-order valence-corrected chi connectivity index (χ1v) is 8.88. The van der Waals surface area contributed by atoms with Gasteiger partial charge in [-0.25, -0.2) is 0 Å². The van der Waals surface area contributed by atoms with Gasteiger partial charge in [0.15, 0.2) is 0 Å². The zero-order chi connectivity index (χ0) is 20.5. The lowest BCUT2D eigenvalue weighted by Gasteiger charge is -2.11. The van der Waals surface area contributed by atoms with Gasteiger partial charge in [0, 0.05) is 25.1 Å². The van der Waals surface area contributed by atoms with Crippen molar-refractivity contribution in [3.8, 4) is 0 Å². The Morgan fingerprint density at radius 2 is 1.62 bits per heavy atom. The molecule has 0 fully saturated rings. The first-order valence-electron chi connectivity index (χ1n) is 8.88. The van der Waals surface area contributed by atoms with Crippen LogP contribution >= 0.6 is 0 Å². The van der Waals surface area contributed by atoms with E-state index in [2.05, 4.69) is 25.9 Å².